The Bertz CT molecular complexity index is 273. The zero-order chi connectivity index (χ0) is 11.6. The van der Waals surface area contributed by atoms with Gasteiger partial charge in [-0.25, -0.2) is 0 Å². The van der Waals surface area contributed by atoms with E-state index in [0.29, 0.717) is 0 Å². The quantitative estimate of drug-likeness (QED) is 0.651. The molecule has 0 spiro atoms. The van der Waals surface area contributed by atoms with Crippen LogP contribution in [-0.4, -0.2) is 19.5 Å². The normalized spacial score (nSPS) is 21.1. The Kier molecular flexibility index (Phi) is 3.74. The average molecular weight is 210 g/mol. The van der Waals surface area contributed by atoms with E-state index in [4.69, 9.17) is 9.47 Å². The maximum atomic E-state index is 5.74. The number of rotatable bonds is 2. The van der Waals surface area contributed by atoms with Gasteiger partial charge in [0.25, 0.3) is 0 Å². The first kappa shape index (κ1) is 12.5. The van der Waals surface area contributed by atoms with Crippen LogP contribution in [0.1, 0.15) is 34.6 Å². The molecule has 0 unspecified atom stereocenters. The summed E-state index contributed by atoms with van der Waals surface area (Å²) in [6.45, 7) is 15.9. The highest BCUT2D eigenvalue weighted by molar-refractivity contribution is 5.32. The van der Waals surface area contributed by atoms with E-state index in [1.165, 1.54) is 5.57 Å². The molecule has 2 nitrogen and oxygen atoms in total. The van der Waals surface area contributed by atoms with Crippen molar-refractivity contribution in [2.24, 2.45) is 5.41 Å². The van der Waals surface area contributed by atoms with Gasteiger partial charge in [0.15, 0.2) is 6.29 Å². The molecule has 0 aromatic carbocycles. The molecule has 1 aliphatic heterocycles. The molecule has 0 radical (unpaired) electrons. The Morgan fingerprint density at radius 1 is 1.13 bits per heavy atom. The number of hydrogen-bond acceptors (Lipinski definition) is 2. The molecule has 0 aromatic heterocycles. The van der Waals surface area contributed by atoms with E-state index in [1.807, 2.05) is 6.92 Å². The average Bonchev–Trinajstić information content (AvgIpc) is 2.07. The van der Waals surface area contributed by atoms with Crippen molar-refractivity contribution in [3.05, 3.63) is 23.3 Å². The standard InChI is InChI=1S/C13H22O2/c1-9(2)11(10(3)4)12-14-7-13(5,6)8-15-12/h12H,1,7-8H2,2-6H3. The van der Waals surface area contributed by atoms with Gasteiger partial charge in [0.2, 0.25) is 0 Å². The molecular weight excluding hydrogens is 188 g/mol. The van der Waals surface area contributed by atoms with E-state index in [-0.39, 0.29) is 11.7 Å². The second-order valence-electron chi connectivity index (χ2n) is 5.31. The summed E-state index contributed by atoms with van der Waals surface area (Å²) in [6, 6.07) is 0. The third kappa shape index (κ3) is 3.18. The van der Waals surface area contributed by atoms with Crippen molar-refractivity contribution >= 4 is 0 Å². The summed E-state index contributed by atoms with van der Waals surface area (Å²) in [6.07, 6.45) is -0.222. The lowest BCUT2D eigenvalue weighted by Gasteiger charge is -2.36. The second kappa shape index (κ2) is 4.50. The van der Waals surface area contributed by atoms with Gasteiger partial charge in [-0.3, -0.25) is 0 Å². The number of hydrogen-bond donors (Lipinski definition) is 0. The molecule has 0 aliphatic carbocycles. The molecule has 0 saturated carbocycles. The van der Waals surface area contributed by atoms with E-state index in [1.54, 1.807) is 0 Å². The first-order chi connectivity index (χ1) is 6.83. The minimum atomic E-state index is -0.222. The lowest BCUT2D eigenvalue weighted by atomic mass is 9.94. The van der Waals surface area contributed by atoms with Gasteiger partial charge < -0.3 is 9.47 Å². The van der Waals surface area contributed by atoms with Crippen molar-refractivity contribution in [3.63, 3.8) is 0 Å². The van der Waals surface area contributed by atoms with Crippen LogP contribution in [0.2, 0.25) is 0 Å². The lowest BCUT2D eigenvalue weighted by Crippen LogP contribution is -2.39. The van der Waals surface area contributed by atoms with Gasteiger partial charge in [0, 0.05) is 11.0 Å². The SMILES string of the molecule is C=C(C)C(=C(C)C)C1OCC(C)(C)CO1. The zero-order valence-electron chi connectivity index (χ0n) is 10.5. The van der Waals surface area contributed by atoms with Crippen molar-refractivity contribution in [1.82, 2.24) is 0 Å². The van der Waals surface area contributed by atoms with Crippen LogP contribution in [0.15, 0.2) is 23.3 Å². The molecule has 1 fully saturated rings. The van der Waals surface area contributed by atoms with Crippen LogP contribution in [0.25, 0.3) is 0 Å². The predicted octanol–water partition coefficient (Wildman–Crippen LogP) is 3.30. The first-order valence-corrected chi connectivity index (χ1v) is 5.40. The van der Waals surface area contributed by atoms with Gasteiger partial charge in [0.05, 0.1) is 13.2 Å². The van der Waals surface area contributed by atoms with E-state index in [0.717, 1.165) is 24.4 Å². The first-order valence-electron chi connectivity index (χ1n) is 5.40. The van der Waals surface area contributed by atoms with Gasteiger partial charge in [-0.1, -0.05) is 31.6 Å². The molecule has 0 bridgehead atoms. The molecule has 0 aromatic rings. The van der Waals surface area contributed by atoms with Crippen LogP contribution in [0.4, 0.5) is 0 Å². The summed E-state index contributed by atoms with van der Waals surface area (Å²) < 4.78 is 11.5. The highest BCUT2D eigenvalue weighted by atomic mass is 16.7. The fourth-order valence-corrected chi connectivity index (χ4v) is 1.72. The number of ether oxygens (including phenoxy) is 2. The molecular formula is C13H22O2. The Labute approximate surface area is 93.0 Å². The monoisotopic (exact) mass is 210 g/mol. The van der Waals surface area contributed by atoms with Gasteiger partial charge >= 0.3 is 0 Å². The fraction of sp³-hybridized carbons (Fsp3) is 0.692. The third-order valence-corrected chi connectivity index (χ3v) is 2.49. The minimum absolute atomic E-state index is 0.123. The third-order valence-electron chi connectivity index (χ3n) is 2.49. The molecule has 0 N–H and O–H groups in total. The van der Waals surface area contributed by atoms with E-state index >= 15 is 0 Å². The van der Waals surface area contributed by atoms with Crippen molar-refractivity contribution in [2.45, 2.75) is 40.9 Å². The Morgan fingerprint density at radius 2 is 1.60 bits per heavy atom. The van der Waals surface area contributed by atoms with Crippen LogP contribution < -0.4 is 0 Å². The Balaban J connectivity index is 2.75. The molecule has 86 valence electrons. The highest BCUT2D eigenvalue weighted by Gasteiger charge is 2.30. The fourth-order valence-electron chi connectivity index (χ4n) is 1.72. The molecule has 0 amide bonds. The Hall–Kier alpha value is -0.600. The molecule has 0 atom stereocenters. The van der Waals surface area contributed by atoms with Crippen molar-refractivity contribution in [3.8, 4) is 0 Å². The van der Waals surface area contributed by atoms with Gasteiger partial charge in [0.1, 0.15) is 0 Å². The summed E-state index contributed by atoms with van der Waals surface area (Å²) in [7, 11) is 0. The molecule has 1 rings (SSSR count). The molecule has 2 heteroatoms. The Morgan fingerprint density at radius 3 is 1.93 bits per heavy atom. The van der Waals surface area contributed by atoms with Crippen LogP contribution in [-0.2, 0) is 9.47 Å². The predicted molar refractivity (Wildman–Crippen MR) is 62.7 cm³/mol. The van der Waals surface area contributed by atoms with Crippen molar-refractivity contribution in [2.75, 3.05) is 13.2 Å². The molecule has 1 aliphatic rings. The van der Waals surface area contributed by atoms with Crippen LogP contribution in [0.3, 0.4) is 0 Å². The van der Waals surface area contributed by atoms with Crippen LogP contribution in [0.5, 0.6) is 0 Å². The summed E-state index contributed by atoms with van der Waals surface area (Å²) in [5.41, 5.74) is 3.47. The smallest absolute Gasteiger partial charge is 0.184 e. The van der Waals surface area contributed by atoms with Crippen LogP contribution in [0, 0.1) is 5.41 Å². The minimum Gasteiger partial charge on any atom is -0.348 e. The van der Waals surface area contributed by atoms with E-state index < -0.39 is 0 Å². The van der Waals surface area contributed by atoms with E-state index in [9.17, 15) is 0 Å². The summed E-state index contributed by atoms with van der Waals surface area (Å²) >= 11 is 0. The van der Waals surface area contributed by atoms with Crippen LogP contribution >= 0.6 is 0 Å². The summed E-state index contributed by atoms with van der Waals surface area (Å²) in [5, 5.41) is 0. The number of allylic oxidation sites excluding steroid dienone is 1. The van der Waals surface area contributed by atoms with E-state index in [2.05, 4.69) is 34.3 Å². The maximum Gasteiger partial charge on any atom is 0.184 e. The lowest BCUT2D eigenvalue weighted by molar-refractivity contribution is -0.202. The molecule has 1 heterocycles. The molecule has 15 heavy (non-hydrogen) atoms. The maximum absolute atomic E-state index is 5.74. The van der Waals surface area contributed by atoms with Crippen molar-refractivity contribution < 1.29 is 9.47 Å². The highest BCUT2D eigenvalue weighted by Crippen LogP contribution is 2.29. The largest absolute Gasteiger partial charge is 0.348 e. The van der Waals surface area contributed by atoms with Gasteiger partial charge in [-0.15, -0.1) is 0 Å². The topological polar surface area (TPSA) is 18.5 Å². The van der Waals surface area contributed by atoms with Crippen molar-refractivity contribution in [1.29, 1.82) is 0 Å². The second-order valence-corrected chi connectivity index (χ2v) is 5.31. The van der Waals surface area contributed by atoms with Gasteiger partial charge in [-0.2, -0.15) is 0 Å². The summed E-state index contributed by atoms with van der Waals surface area (Å²) in [5.74, 6) is 0. The summed E-state index contributed by atoms with van der Waals surface area (Å²) in [4.78, 5) is 0. The molecule has 1 saturated heterocycles. The zero-order valence-corrected chi connectivity index (χ0v) is 10.5. The van der Waals surface area contributed by atoms with Gasteiger partial charge in [-0.05, 0) is 20.8 Å².